The number of phenols is 1. The first kappa shape index (κ1) is 12.3. The second kappa shape index (κ2) is 5.32. The molecule has 0 aromatic heterocycles. The van der Waals surface area contributed by atoms with Gasteiger partial charge in [0.15, 0.2) is 0 Å². The number of rotatable bonds is 4. The zero-order valence-electron chi connectivity index (χ0n) is 8.05. The lowest BCUT2D eigenvalue weighted by Crippen LogP contribution is -2.07. The zero-order valence-corrected chi connectivity index (χ0v) is 8.81. The van der Waals surface area contributed by atoms with Crippen LogP contribution in [0.5, 0.6) is 5.75 Å². The third kappa shape index (κ3) is 2.83. The van der Waals surface area contributed by atoms with Crippen molar-refractivity contribution >= 4 is 23.3 Å². The molecule has 1 N–H and O–H groups in total. The largest absolute Gasteiger partial charge is 0.507 e. The number of benzene rings is 1. The summed E-state index contributed by atoms with van der Waals surface area (Å²) in [6.45, 7) is 0.0107. The molecule has 0 bridgehead atoms. The average Bonchev–Trinajstić information content (AvgIpc) is 2.25. The first-order valence-corrected chi connectivity index (χ1v) is 4.80. The first-order chi connectivity index (χ1) is 7.56. The molecule has 86 valence electrons. The molecule has 0 saturated carbocycles. The van der Waals surface area contributed by atoms with Gasteiger partial charge in [-0.15, -0.1) is 11.6 Å². The molecule has 0 aliphatic heterocycles. The van der Waals surface area contributed by atoms with Crippen molar-refractivity contribution in [3.05, 3.63) is 33.9 Å². The molecule has 1 aromatic carbocycles. The van der Waals surface area contributed by atoms with Crippen LogP contribution in [0.1, 0.15) is 10.4 Å². The Morgan fingerprint density at radius 1 is 1.56 bits per heavy atom. The van der Waals surface area contributed by atoms with E-state index in [1.807, 2.05) is 0 Å². The molecule has 0 atom stereocenters. The van der Waals surface area contributed by atoms with Crippen LogP contribution in [0.2, 0.25) is 0 Å². The molecule has 0 spiro atoms. The van der Waals surface area contributed by atoms with Gasteiger partial charge in [0.2, 0.25) is 0 Å². The molecular formula is C9H8ClNO5. The maximum atomic E-state index is 11.3. The highest BCUT2D eigenvalue weighted by molar-refractivity contribution is 6.18. The van der Waals surface area contributed by atoms with Crippen LogP contribution < -0.4 is 0 Å². The second-order valence-corrected chi connectivity index (χ2v) is 3.16. The van der Waals surface area contributed by atoms with Crippen molar-refractivity contribution in [2.75, 3.05) is 12.5 Å². The fraction of sp³-hybridized carbons (Fsp3) is 0.222. The summed E-state index contributed by atoms with van der Waals surface area (Å²) in [5.41, 5.74) is -0.429. The van der Waals surface area contributed by atoms with Crippen molar-refractivity contribution in [1.29, 1.82) is 0 Å². The number of esters is 1. The van der Waals surface area contributed by atoms with Crippen LogP contribution in [0, 0.1) is 10.1 Å². The Bertz CT molecular complexity index is 420. The van der Waals surface area contributed by atoms with Crippen LogP contribution in [-0.2, 0) is 4.74 Å². The number of halogens is 1. The quantitative estimate of drug-likeness (QED) is 0.377. The molecule has 1 rings (SSSR count). The fourth-order valence-electron chi connectivity index (χ4n) is 1.02. The van der Waals surface area contributed by atoms with E-state index in [0.29, 0.717) is 0 Å². The van der Waals surface area contributed by atoms with E-state index in [2.05, 4.69) is 4.74 Å². The molecule has 6 nitrogen and oxygen atoms in total. The van der Waals surface area contributed by atoms with Gasteiger partial charge in [-0.2, -0.15) is 0 Å². The number of nitro groups is 1. The van der Waals surface area contributed by atoms with Crippen LogP contribution in [0.3, 0.4) is 0 Å². The summed E-state index contributed by atoms with van der Waals surface area (Å²) in [6, 6.07) is 3.12. The van der Waals surface area contributed by atoms with Crippen molar-refractivity contribution in [2.24, 2.45) is 0 Å². The van der Waals surface area contributed by atoms with Crippen molar-refractivity contribution in [1.82, 2.24) is 0 Å². The number of non-ortho nitro benzene ring substituents is 1. The molecule has 0 saturated heterocycles. The van der Waals surface area contributed by atoms with Crippen LogP contribution in [0.25, 0.3) is 0 Å². The lowest BCUT2D eigenvalue weighted by atomic mass is 10.2. The number of ether oxygens (including phenoxy) is 1. The van der Waals surface area contributed by atoms with Crippen LogP contribution in [0.4, 0.5) is 5.69 Å². The van der Waals surface area contributed by atoms with Gasteiger partial charge >= 0.3 is 5.97 Å². The Hall–Kier alpha value is -1.82. The zero-order chi connectivity index (χ0) is 12.1. The number of nitro benzene ring substituents is 1. The Labute approximate surface area is 95.6 Å². The molecule has 1 aromatic rings. The number of phenolic OH excluding ortho intramolecular Hbond substituents is 1. The molecule has 0 fully saturated rings. The van der Waals surface area contributed by atoms with Gasteiger partial charge in [0.05, 0.1) is 16.9 Å². The Morgan fingerprint density at radius 3 is 2.75 bits per heavy atom. The molecule has 0 amide bonds. The smallest absolute Gasteiger partial charge is 0.341 e. The summed E-state index contributed by atoms with van der Waals surface area (Å²) in [5.74, 6) is -1.12. The van der Waals surface area contributed by atoms with E-state index in [9.17, 15) is 20.0 Å². The van der Waals surface area contributed by atoms with Gasteiger partial charge in [0.1, 0.15) is 17.9 Å². The summed E-state index contributed by atoms with van der Waals surface area (Å²) in [7, 11) is 0. The summed E-state index contributed by atoms with van der Waals surface area (Å²) < 4.78 is 4.66. The molecule has 0 aliphatic carbocycles. The predicted octanol–water partition coefficient (Wildman–Crippen LogP) is 1.70. The number of carbonyl (C=O) groups excluding carboxylic acids is 1. The third-order valence-corrected chi connectivity index (χ3v) is 1.88. The fourth-order valence-corrected chi connectivity index (χ4v) is 1.09. The van der Waals surface area contributed by atoms with Crippen molar-refractivity contribution in [3.63, 3.8) is 0 Å². The van der Waals surface area contributed by atoms with Gasteiger partial charge in [-0.05, 0) is 6.07 Å². The average molecular weight is 246 g/mol. The maximum absolute atomic E-state index is 11.3. The van der Waals surface area contributed by atoms with Gasteiger partial charge in [0, 0.05) is 6.07 Å². The number of hydrogen-bond donors (Lipinski definition) is 1. The lowest BCUT2D eigenvalue weighted by Gasteiger charge is -2.04. The summed E-state index contributed by atoms with van der Waals surface area (Å²) in [6.07, 6.45) is 0. The molecule has 7 heteroatoms. The minimum atomic E-state index is -0.770. The number of hydrogen-bond acceptors (Lipinski definition) is 5. The van der Waals surface area contributed by atoms with Crippen molar-refractivity contribution < 1.29 is 19.6 Å². The van der Waals surface area contributed by atoms with Gasteiger partial charge < -0.3 is 9.84 Å². The lowest BCUT2D eigenvalue weighted by molar-refractivity contribution is -0.384. The molecular weight excluding hydrogens is 238 g/mol. The molecule has 0 radical (unpaired) electrons. The standard InChI is InChI=1S/C9H8ClNO5/c10-3-4-16-9(13)7-2-1-6(11(14)15)5-8(7)12/h1-2,5,12H,3-4H2. The molecule has 16 heavy (non-hydrogen) atoms. The normalized spacial score (nSPS) is 9.81. The highest BCUT2D eigenvalue weighted by atomic mass is 35.5. The number of aromatic hydroxyl groups is 1. The SMILES string of the molecule is O=C(OCCCl)c1ccc([N+](=O)[O-])cc1O. The Morgan fingerprint density at radius 2 is 2.25 bits per heavy atom. The van der Waals surface area contributed by atoms with E-state index in [1.165, 1.54) is 0 Å². The summed E-state index contributed by atoms with van der Waals surface area (Å²) >= 11 is 5.31. The van der Waals surface area contributed by atoms with E-state index in [0.717, 1.165) is 18.2 Å². The van der Waals surface area contributed by atoms with E-state index < -0.39 is 16.6 Å². The molecule has 0 aliphatic rings. The van der Waals surface area contributed by atoms with Crippen molar-refractivity contribution in [3.8, 4) is 5.75 Å². The minimum Gasteiger partial charge on any atom is -0.507 e. The summed E-state index contributed by atoms with van der Waals surface area (Å²) in [5, 5.41) is 19.7. The van der Waals surface area contributed by atoms with Gasteiger partial charge in [-0.1, -0.05) is 0 Å². The number of alkyl halides is 1. The number of nitrogens with zero attached hydrogens (tertiary/aromatic N) is 1. The molecule has 0 heterocycles. The van der Waals surface area contributed by atoms with E-state index in [-0.39, 0.29) is 23.7 Å². The van der Waals surface area contributed by atoms with E-state index in [1.54, 1.807) is 0 Å². The second-order valence-electron chi connectivity index (χ2n) is 2.78. The van der Waals surface area contributed by atoms with Gasteiger partial charge in [-0.25, -0.2) is 4.79 Å². The van der Waals surface area contributed by atoms with Crippen molar-refractivity contribution in [2.45, 2.75) is 0 Å². The van der Waals surface area contributed by atoms with Crippen LogP contribution in [0.15, 0.2) is 18.2 Å². The van der Waals surface area contributed by atoms with E-state index >= 15 is 0 Å². The maximum Gasteiger partial charge on any atom is 0.341 e. The van der Waals surface area contributed by atoms with Crippen LogP contribution >= 0.6 is 11.6 Å². The van der Waals surface area contributed by atoms with Gasteiger partial charge in [-0.3, -0.25) is 10.1 Å². The topological polar surface area (TPSA) is 89.7 Å². The number of carbonyl (C=O) groups is 1. The Balaban J connectivity index is 2.90. The highest BCUT2D eigenvalue weighted by Gasteiger charge is 2.16. The Kier molecular flexibility index (Phi) is 4.07. The third-order valence-electron chi connectivity index (χ3n) is 1.72. The molecule has 0 unspecified atom stereocenters. The predicted molar refractivity (Wildman–Crippen MR) is 55.8 cm³/mol. The summed E-state index contributed by atoms with van der Waals surface area (Å²) in [4.78, 5) is 21.0. The van der Waals surface area contributed by atoms with Crippen LogP contribution in [-0.4, -0.2) is 28.5 Å². The first-order valence-electron chi connectivity index (χ1n) is 4.26. The van der Waals surface area contributed by atoms with E-state index in [4.69, 9.17) is 11.6 Å². The monoisotopic (exact) mass is 245 g/mol. The highest BCUT2D eigenvalue weighted by Crippen LogP contribution is 2.23. The van der Waals surface area contributed by atoms with Gasteiger partial charge in [0.25, 0.3) is 5.69 Å². The minimum absolute atomic E-state index is 0.0107.